The molecule has 25 heavy (non-hydrogen) atoms. The Hall–Kier alpha value is -3.37. The second-order valence-electron chi connectivity index (χ2n) is 4.82. The molecule has 0 bridgehead atoms. The van der Waals surface area contributed by atoms with Gasteiger partial charge in [0.05, 0.1) is 17.7 Å². The van der Waals surface area contributed by atoms with E-state index in [0.717, 1.165) is 6.07 Å². The maximum absolute atomic E-state index is 12.3. The lowest BCUT2D eigenvalue weighted by Gasteiger charge is -2.09. The third kappa shape index (κ3) is 4.56. The number of hydrogen-bond acceptors (Lipinski definition) is 5. The molecule has 0 unspecified atom stereocenters. The van der Waals surface area contributed by atoms with Crippen molar-refractivity contribution in [2.24, 2.45) is 0 Å². The van der Waals surface area contributed by atoms with Crippen molar-refractivity contribution in [3.63, 3.8) is 0 Å². The number of nitriles is 1. The fourth-order valence-electron chi connectivity index (χ4n) is 1.97. The average molecular weight is 358 g/mol. The summed E-state index contributed by atoms with van der Waals surface area (Å²) in [5.41, 5.74) is 0.327. The van der Waals surface area contributed by atoms with Crippen LogP contribution in [0.1, 0.15) is 5.56 Å². The normalized spacial score (nSPS) is 10.7. The standard InChI is InChI=1S/C17H12ClN3O4/c1-25-16-7-6-14(21(23)24)9-15(16)20-17(22)12(10-19)8-11-2-4-13(18)5-3-11/h2-9H,1H3,(H,20,22)/b12-8+. The minimum absolute atomic E-state index is 0.0963. The Kier molecular flexibility index (Phi) is 5.71. The summed E-state index contributed by atoms with van der Waals surface area (Å²) in [5.74, 6) is -0.473. The number of nitro benzene ring substituents is 1. The zero-order chi connectivity index (χ0) is 18.4. The van der Waals surface area contributed by atoms with Gasteiger partial charge in [0.2, 0.25) is 0 Å². The average Bonchev–Trinajstić information content (AvgIpc) is 2.60. The van der Waals surface area contributed by atoms with E-state index in [1.807, 2.05) is 0 Å². The third-order valence-corrected chi connectivity index (χ3v) is 3.44. The topological polar surface area (TPSA) is 105 Å². The Labute approximate surface area is 148 Å². The van der Waals surface area contributed by atoms with E-state index >= 15 is 0 Å². The number of nitrogens with zero attached hydrogens (tertiary/aromatic N) is 2. The van der Waals surface area contributed by atoms with Crippen LogP contribution in [0.4, 0.5) is 11.4 Å². The Bertz CT molecular complexity index is 886. The molecule has 0 fully saturated rings. The SMILES string of the molecule is COc1ccc([N+](=O)[O-])cc1NC(=O)/C(C#N)=C/c1ccc(Cl)cc1. The summed E-state index contributed by atoms with van der Waals surface area (Å²) in [6.07, 6.45) is 1.38. The van der Waals surface area contributed by atoms with Crippen molar-refractivity contribution in [2.45, 2.75) is 0 Å². The number of carbonyl (C=O) groups excluding carboxylic acids is 1. The number of halogens is 1. The maximum Gasteiger partial charge on any atom is 0.271 e. The molecule has 8 heteroatoms. The van der Waals surface area contributed by atoms with Crippen molar-refractivity contribution in [1.29, 1.82) is 5.26 Å². The number of nitrogens with one attached hydrogen (secondary N) is 1. The van der Waals surface area contributed by atoms with Crippen LogP contribution >= 0.6 is 11.6 Å². The fraction of sp³-hybridized carbons (Fsp3) is 0.0588. The first-order valence-corrected chi connectivity index (χ1v) is 7.33. The number of rotatable bonds is 5. The van der Waals surface area contributed by atoms with Gasteiger partial charge in [0.25, 0.3) is 11.6 Å². The van der Waals surface area contributed by atoms with Gasteiger partial charge < -0.3 is 10.1 Å². The molecule has 1 amide bonds. The number of benzene rings is 2. The lowest BCUT2D eigenvalue weighted by molar-refractivity contribution is -0.384. The van der Waals surface area contributed by atoms with Gasteiger partial charge in [-0.1, -0.05) is 23.7 Å². The molecule has 0 heterocycles. The molecule has 2 aromatic rings. The predicted molar refractivity (Wildman–Crippen MR) is 93.3 cm³/mol. The molecule has 1 N–H and O–H groups in total. The van der Waals surface area contributed by atoms with Crippen molar-refractivity contribution in [3.05, 3.63) is 68.7 Å². The highest BCUT2D eigenvalue weighted by molar-refractivity contribution is 6.30. The van der Waals surface area contributed by atoms with Crippen molar-refractivity contribution in [1.82, 2.24) is 0 Å². The third-order valence-electron chi connectivity index (χ3n) is 3.19. The van der Waals surface area contributed by atoms with Gasteiger partial charge in [-0.3, -0.25) is 14.9 Å². The number of amides is 1. The first kappa shape index (κ1) is 18.0. The fourth-order valence-corrected chi connectivity index (χ4v) is 2.10. The van der Waals surface area contributed by atoms with Crippen molar-refractivity contribution in [3.8, 4) is 11.8 Å². The second-order valence-corrected chi connectivity index (χ2v) is 5.25. The first-order valence-electron chi connectivity index (χ1n) is 6.95. The molecular weight excluding hydrogens is 346 g/mol. The molecule has 0 aliphatic carbocycles. The van der Waals surface area contributed by atoms with Crippen molar-refractivity contribution in [2.75, 3.05) is 12.4 Å². The van der Waals surface area contributed by atoms with Gasteiger partial charge in [0.15, 0.2) is 0 Å². The Morgan fingerprint density at radius 3 is 2.56 bits per heavy atom. The zero-order valence-corrected chi connectivity index (χ0v) is 13.8. The predicted octanol–water partition coefficient (Wildman–Crippen LogP) is 3.80. The highest BCUT2D eigenvalue weighted by Crippen LogP contribution is 2.29. The quantitative estimate of drug-likeness (QED) is 0.379. The van der Waals surface area contributed by atoms with Gasteiger partial charge in [0.1, 0.15) is 17.4 Å². The van der Waals surface area contributed by atoms with E-state index in [1.165, 1.54) is 25.3 Å². The van der Waals surface area contributed by atoms with Crippen LogP contribution in [0.2, 0.25) is 5.02 Å². The van der Waals surface area contributed by atoms with Crippen LogP contribution in [0.25, 0.3) is 6.08 Å². The zero-order valence-electron chi connectivity index (χ0n) is 13.0. The van der Waals surface area contributed by atoms with Crippen LogP contribution in [-0.4, -0.2) is 17.9 Å². The Morgan fingerprint density at radius 2 is 2.00 bits per heavy atom. The maximum atomic E-state index is 12.3. The van der Waals surface area contributed by atoms with E-state index in [2.05, 4.69) is 5.32 Å². The molecule has 0 saturated carbocycles. The van der Waals surface area contributed by atoms with Gasteiger partial charge in [-0.2, -0.15) is 5.26 Å². The summed E-state index contributed by atoms with van der Waals surface area (Å²) in [4.78, 5) is 22.6. The van der Waals surface area contributed by atoms with Gasteiger partial charge in [-0.05, 0) is 29.8 Å². The van der Waals surface area contributed by atoms with Crippen LogP contribution in [0.15, 0.2) is 48.0 Å². The molecule has 2 aromatic carbocycles. The summed E-state index contributed by atoms with van der Waals surface area (Å²) in [6, 6.07) is 12.1. The molecule has 2 rings (SSSR count). The van der Waals surface area contributed by atoms with Crippen LogP contribution in [0.3, 0.4) is 0 Å². The van der Waals surface area contributed by atoms with Gasteiger partial charge in [-0.25, -0.2) is 0 Å². The van der Waals surface area contributed by atoms with Gasteiger partial charge in [0, 0.05) is 17.2 Å². The van der Waals surface area contributed by atoms with Crippen LogP contribution in [0, 0.1) is 21.4 Å². The van der Waals surface area contributed by atoms with E-state index in [9.17, 15) is 20.2 Å². The van der Waals surface area contributed by atoms with E-state index < -0.39 is 10.8 Å². The van der Waals surface area contributed by atoms with Crippen LogP contribution in [-0.2, 0) is 4.79 Å². The minimum Gasteiger partial charge on any atom is -0.495 e. The smallest absolute Gasteiger partial charge is 0.271 e. The minimum atomic E-state index is -0.712. The van der Waals surface area contributed by atoms with E-state index in [0.29, 0.717) is 10.6 Å². The largest absolute Gasteiger partial charge is 0.495 e. The van der Waals surface area contributed by atoms with Crippen molar-refractivity contribution < 1.29 is 14.5 Å². The number of non-ortho nitro benzene ring substituents is 1. The summed E-state index contributed by atoms with van der Waals surface area (Å²) in [5, 5.41) is 23.1. The molecule has 126 valence electrons. The molecule has 0 radical (unpaired) electrons. The van der Waals surface area contributed by atoms with Crippen molar-refractivity contribution >= 4 is 35.0 Å². The molecule has 0 spiro atoms. The van der Waals surface area contributed by atoms with E-state index in [4.69, 9.17) is 16.3 Å². The van der Waals surface area contributed by atoms with Crippen LogP contribution in [0.5, 0.6) is 5.75 Å². The molecule has 7 nitrogen and oxygen atoms in total. The number of ether oxygens (including phenoxy) is 1. The second kappa shape index (κ2) is 7.95. The number of carbonyl (C=O) groups is 1. The molecule has 0 aromatic heterocycles. The number of methoxy groups -OCH3 is 1. The molecule has 0 aliphatic heterocycles. The Balaban J connectivity index is 2.31. The number of nitro groups is 1. The lowest BCUT2D eigenvalue weighted by atomic mass is 10.1. The Morgan fingerprint density at radius 1 is 1.32 bits per heavy atom. The summed E-state index contributed by atoms with van der Waals surface area (Å²) < 4.78 is 5.07. The monoisotopic (exact) mass is 357 g/mol. The molecular formula is C17H12ClN3O4. The molecule has 0 saturated heterocycles. The molecule has 0 atom stereocenters. The van der Waals surface area contributed by atoms with E-state index in [-0.39, 0.29) is 22.7 Å². The summed E-state index contributed by atoms with van der Waals surface area (Å²) >= 11 is 5.79. The summed E-state index contributed by atoms with van der Waals surface area (Å²) in [6.45, 7) is 0. The van der Waals surface area contributed by atoms with Gasteiger partial charge >= 0.3 is 0 Å². The highest BCUT2D eigenvalue weighted by atomic mass is 35.5. The first-order chi connectivity index (χ1) is 11.9. The van der Waals surface area contributed by atoms with Crippen LogP contribution < -0.4 is 10.1 Å². The highest BCUT2D eigenvalue weighted by Gasteiger charge is 2.16. The number of hydrogen-bond donors (Lipinski definition) is 1. The van der Waals surface area contributed by atoms with Gasteiger partial charge in [-0.15, -0.1) is 0 Å². The lowest BCUT2D eigenvalue weighted by Crippen LogP contribution is -2.14. The van der Waals surface area contributed by atoms with E-state index in [1.54, 1.807) is 30.3 Å². The number of anilines is 1. The molecule has 0 aliphatic rings. The summed E-state index contributed by atoms with van der Waals surface area (Å²) in [7, 11) is 1.37.